The van der Waals surface area contributed by atoms with E-state index in [1.807, 2.05) is 42.5 Å². The lowest BCUT2D eigenvalue weighted by Crippen LogP contribution is -2.06. The molecule has 4 rings (SSSR count). The van der Waals surface area contributed by atoms with Gasteiger partial charge in [-0.05, 0) is 43.3 Å². The molecule has 0 fully saturated rings. The summed E-state index contributed by atoms with van der Waals surface area (Å²) in [5.74, 6) is 0. The Balaban J connectivity index is 1.72. The Kier molecular flexibility index (Phi) is 4.34. The van der Waals surface area contributed by atoms with Crippen molar-refractivity contribution in [1.82, 2.24) is 9.97 Å². The number of hydrogen-bond donors (Lipinski definition) is 0. The molecule has 2 aromatic heterocycles. The quantitative estimate of drug-likeness (QED) is 0.504. The van der Waals surface area contributed by atoms with Crippen LogP contribution in [0, 0.1) is 6.92 Å². The van der Waals surface area contributed by atoms with E-state index in [1.165, 1.54) is 16.9 Å². The summed E-state index contributed by atoms with van der Waals surface area (Å²) in [6.45, 7) is 2.07. The smallest absolute Gasteiger partial charge is 0.267 e. The van der Waals surface area contributed by atoms with Gasteiger partial charge in [0, 0.05) is 9.60 Å². The maximum Gasteiger partial charge on any atom is 0.279 e. The third-order valence-electron chi connectivity index (χ3n) is 3.71. The first-order chi connectivity index (χ1) is 12.2. The summed E-state index contributed by atoms with van der Waals surface area (Å²) in [7, 11) is 0. The molecule has 0 aliphatic carbocycles. The molecule has 2 aromatic carbocycles. The van der Waals surface area contributed by atoms with Gasteiger partial charge in [-0.15, -0.1) is 11.3 Å². The minimum atomic E-state index is -0.206. The van der Waals surface area contributed by atoms with Crippen molar-refractivity contribution in [1.29, 1.82) is 0 Å². The first kappa shape index (κ1) is 16.0. The highest BCUT2D eigenvalue weighted by molar-refractivity contribution is 7.99. The third kappa shape index (κ3) is 3.48. The van der Waals surface area contributed by atoms with Crippen LogP contribution in [-0.2, 0) is 0 Å². The zero-order valence-corrected chi connectivity index (χ0v) is 15.1. The molecule has 25 heavy (non-hydrogen) atoms. The summed E-state index contributed by atoms with van der Waals surface area (Å²) in [5.41, 5.74) is 1.75. The van der Waals surface area contributed by atoms with Gasteiger partial charge >= 0.3 is 0 Å². The molecule has 0 saturated heterocycles. The van der Waals surface area contributed by atoms with Crippen LogP contribution in [0.25, 0.3) is 20.8 Å². The van der Waals surface area contributed by atoms with E-state index in [1.54, 1.807) is 11.8 Å². The molecular formula is C20H14N2OS2. The van der Waals surface area contributed by atoms with Crippen molar-refractivity contribution in [3.8, 4) is 10.7 Å². The van der Waals surface area contributed by atoms with Crippen LogP contribution in [0.3, 0.4) is 0 Å². The number of hydrogen-bond acceptors (Lipinski definition) is 5. The number of benzene rings is 2. The molecule has 0 spiro atoms. The molecule has 0 atom stereocenters. The second kappa shape index (κ2) is 6.78. The Morgan fingerprint density at radius 2 is 1.68 bits per heavy atom. The highest BCUT2D eigenvalue weighted by atomic mass is 32.2. The predicted molar refractivity (Wildman–Crippen MR) is 104 cm³/mol. The number of aromatic nitrogens is 2. The van der Waals surface area contributed by atoms with E-state index >= 15 is 0 Å². The van der Waals surface area contributed by atoms with Crippen LogP contribution in [0.4, 0.5) is 0 Å². The molecule has 0 aliphatic heterocycles. The van der Waals surface area contributed by atoms with Crippen LogP contribution in [0.2, 0.25) is 0 Å². The molecule has 0 saturated carbocycles. The minimum Gasteiger partial charge on any atom is -0.267 e. The van der Waals surface area contributed by atoms with Crippen molar-refractivity contribution in [3.05, 3.63) is 82.6 Å². The standard InChI is InChI=1S/C20H14N2OS2/c1-13-9-11-14(12-10-13)24-18-8-4-6-16(21-18)20-22-19(23)15-5-2-3-7-17(15)25-20/h2-12H,1H3. The minimum absolute atomic E-state index is 0.206. The summed E-state index contributed by atoms with van der Waals surface area (Å²) in [6, 6.07) is 21.7. The van der Waals surface area contributed by atoms with Crippen LogP contribution in [0.5, 0.6) is 0 Å². The summed E-state index contributed by atoms with van der Waals surface area (Å²) >= 11 is 3.09. The largest absolute Gasteiger partial charge is 0.279 e. The molecule has 0 N–H and O–H groups in total. The summed E-state index contributed by atoms with van der Waals surface area (Å²) in [6.07, 6.45) is 0. The van der Waals surface area contributed by atoms with E-state index in [0.29, 0.717) is 10.4 Å². The molecule has 4 aromatic rings. The molecule has 0 bridgehead atoms. The van der Waals surface area contributed by atoms with Gasteiger partial charge in [0.1, 0.15) is 15.7 Å². The third-order valence-corrected chi connectivity index (χ3v) is 5.73. The number of nitrogens with zero attached hydrogens (tertiary/aromatic N) is 2. The Morgan fingerprint density at radius 3 is 2.52 bits per heavy atom. The van der Waals surface area contributed by atoms with Crippen molar-refractivity contribution < 1.29 is 0 Å². The zero-order chi connectivity index (χ0) is 17.2. The second-order valence-electron chi connectivity index (χ2n) is 5.60. The van der Waals surface area contributed by atoms with Gasteiger partial charge in [0.25, 0.3) is 5.56 Å². The molecule has 0 aliphatic rings. The summed E-state index contributed by atoms with van der Waals surface area (Å²) in [4.78, 5) is 22.3. The van der Waals surface area contributed by atoms with Crippen LogP contribution in [-0.4, -0.2) is 9.97 Å². The average Bonchev–Trinajstić information content (AvgIpc) is 2.64. The maximum absolute atomic E-state index is 12.2. The molecule has 3 nitrogen and oxygen atoms in total. The SMILES string of the molecule is Cc1ccc(Sc2cccc(-c3nc(=O)c4ccccc4s3)n2)cc1. The molecule has 0 unspecified atom stereocenters. The molecule has 5 heteroatoms. The lowest BCUT2D eigenvalue weighted by molar-refractivity contribution is 1.12. The van der Waals surface area contributed by atoms with E-state index in [9.17, 15) is 4.79 Å². The van der Waals surface area contributed by atoms with Crippen LogP contribution in [0.1, 0.15) is 5.56 Å². The van der Waals surface area contributed by atoms with Gasteiger partial charge < -0.3 is 0 Å². The van der Waals surface area contributed by atoms with Gasteiger partial charge in [-0.1, -0.05) is 47.7 Å². The topological polar surface area (TPSA) is 42.9 Å². The zero-order valence-electron chi connectivity index (χ0n) is 13.5. The molecule has 0 amide bonds. The van der Waals surface area contributed by atoms with E-state index in [2.05, 4.69) is 41.2 Å². The fourth-order valence-electron chi connectivity index (χ4n) is 2.44. The normalized spacial score (nSPS) is 10.9. The van der Waals surface area contributed by atoms with E-state index in [0.717, 1.165) is 20.3 Å². The summed E-state index contributed by atoms with van der Waals surface area (Å²) < 4.78 is 0.927. The number of aryl methyl sites for hydroxylation is 1. The highest BCUT2D eigenvalue weighted by Crippen LogP contribution is 2.30. The second-order valence-corrected chi connectivity index (χ2v) is 7.72. The number of rotatable bonds is 3. The summed E-state index contributed by atoms with van der Waals surface area (Å²) in [5, 5.41) is 2.19. The maximum atomic E-state index is 12.2. The van der Waals surface area contributed by atoms with Crippen LogP contribution in [0.15, 0.2) is 81.4 Å². The van der Waals surface area contributed by atoms with E-state index in [-0.39, 0.29) is 5.56 Å². The van der Waals surface area contributed by atoms with Gasteiger partial charge in [0.05, 0.1) is 5.39 Å². The molecular weight excluding hydrogens is 348 g/mol. The Bertz CT molecular complexity index is 1100. The first-order valence-corrected chi connectivity index (χ1v) is 9.44. The Labute approximate surface area is 153 Å². The van der Waals surface area contributed by atoms with Crippen molar-refractivity contribution in [3.63, 3.8) is 0 Å². The first-order valence-electron chi connectivity index (χ1n) is 7.81. The molecule has 122 valence electrons. The number of pyridine rings is 1. The Hall–Kier alpha value is -2.50. The van der Waals surface area contributed by atoms with Crippen molar-refractivity contribution in [2.45, 2.75) is 16.8 Å². The van der Waals surface area contributed by atoms with Crippen LogP contribution < -0.4 is 5.56 Å². The lowest BCUT2D eigenvalue weighted by atomic mass is 10.2. The fraction of sp³-hybridized carbons (Fsp3) is 0.0500. The fourth-order valence-corrected chi connectivity index (χ4v) is 4.21. The average molecular weight is 362 g/mol. The molecule has 0 radical (unpaired) electrons. The predicted octanol–water partition coefficient (Wildman–Crippen LogP) is 5.18. The van der Waals surface area contributed by atoms with Gasteiger partial charge in [-0.3, -0.25) is 4.79 Å². The van der Waals surface area contributed by atoms with Gasteiger partial charge in [0.15, 0.2) is 0 Å². The Morgan fingerprint density at radius 1 is 0.880 bits per heavy atom. The van der Waals surface area contributed by atoms with Crippen molar-refractivity contribution >= 4 is 33.2 Å². The monoisotopic (exact) mass is 362 g/mol. The number of fused-ring (bicyclic) bond motifs is 1. The van der Waals surface area contributed by atoms with Gasteiger partial charge in [-0.25, -0.2) is 4.98 Å². The van der Waals surface area contributed by atoms with Gasteiger partial charge in [0.2, 0.25) is 0 Å². The van der Waals surface area contributed by atoms with Crippen LogP contribution >= 0.6 is 23.1 Å². The van der Waals surface area contributed by atoms with Gasteiger partial charge in [-0.2, -0.15) is 4.98 Å². The van der Waals surface area contributed by atoms with Crippen molar-refractivity contribution in [2.24, 2.45) is 0 Å². The lowest BCUT2D eigenvalue weighted by Gasteiger charge is -2.05. The van der Waals surface area contributed by atoms with E-state index in [4.69, 9.17) is 0 Å². The van der Waals surface area contributed by atoms with E-state index < -0.39 is 0 Å². The highest BCUT2D eigenvalue weighted by Gasteiger charge is 2.09. The molecule has 2 heterocycles. The van der Waals surface area contributed by atoms with Crippen molar-refractivity contribution in [2.75, 3.05) is 0 Å².